The first-order valence-electron chi connectivity index (χ1n) is 15.0. The molecule has 13 nitrogen and oxygen atoms in total. The van der Waals surface area contributed by atoms with Crippen LogP contribution >= 0.6 is 0 Å². The van der Waals surface area contributed by atoms with Crippen molar-refractivity contribution in [1.29, 1.82) is 0 Å². The van der Waals surface area contributed by atoms with Crippen LogP contribution < -0.4 is 24.8 Å². The van der Waals surface area contributed by atoms with E-state index >= 15 is 0 Å². The fourth-order valence-electron chi connectivity index (χ4n) is 5.60. The number of amides is 4. The highest BCUT2D eigenvalue weighted by molar-refractivity contribution is 7.91. The second kappa shape index (κ2) is 13.4. The molecular weight excluding hydrogens is 590 g/mol. The zero-order chi connectivity index (χ0) is 32.1. The second-order valence-corrected chi connectivity index (χ2v) is 13.9. The zero-order valence-corrected chi connectivity index (χ0v) is 26.5. The smallest absolute Gasteiger partial charge is 0.408 e. The minimum atomic E-state index is -4.34. The van der Waals surface area contributed by atoms with E-state index in [1.165, 1.54) is 24.1 Å². The quantitative estimate of drug-likeness (QED) is 0.346. The molecule has 2 fully saturated rings. The molecular formula is C30H43N5O8S. The Morgan fingerprint density at radius 3 is 2.45 bits per heavy atom. The van der Waals surface area contributed by atoms with E-state index < -0.39 is 63.2 Å². The number of allylic oxidation sites excluding steroid dienone is 1. The first kappa shape index (κ1) is 33.1. The highest BCUT2D eigenvalue weighted by Gasteiger charge is 2.61. The summed E-state index contributed by atoms with van der Waals surface area (Å²) in [6, 6.07) is 4.38. The number of rotatable bonds is 6. The molecule has 4 atom stereocenters. The number of methoxy groups -OCH3 is 1. The van der Waals surface area contributed by atoms with Crippen LogP contribution in [0, 0.1) is 5.92 Å². The molecule has 1 aromatic carbocycles. The number of fused-ring (bicyclic) bond motifs is 2. The summed E-state index contributed by atoms with van der Waals surface area (Å²) in [6.07, 6.45) is 7.59. The Kier molecular flexibility index (Phi) is 10.1. The van der Waals surface area contributed by atoms with Crippen LogP contribution in [0.1, 0.15) is 72.1 Å². The summed E-state index contributed by atoms with van der Waals surface area (Å²) in [5.41, 5.74) is -2.02. The summed E-state index contributed by atoms with van der Waals surface area (Å²) in [7, 11) is -2.85. The summed E-state index contributed by atoms with van der Waals surface area (Å²) in [4.78, 5) is 54.9. The van der Waals surface area contributed by atoms with E-state index in [0.717, 1.165) is 12.8 Å². The Hall–Kier alpha value is -3.81. The summed E-state index contributed by atoms with van der Waals surface area (Å²) in [5, 5.41) is 5.50. The molecule has 4 amide bonds. The summed E-state index contributed by atoms with van der Waals surface area (Å²) in [5.74, 6) is -1.69. The van der Waals surface area contributed by atoms with Gasteiger partial charge in [-0.2, -0.15) is 8.42 Å². The van der Waals surface area contributed by atoms with Crippen molar-refractivity contribution in [3.63, 3.8) is 0 Å². The van der Waals surface area contributed by atoms with Crippen molar-refractivity contribution in [2.24, 2.45) is 5.92 Å². The van der Waals surface area contributed by atoms with Gasteiger partial charge >= 0.3 is 16.3 Å². The van der Waals surface area contributed by atoms with E-state index in [9.17, 15) is 27.6 Å². The van der Waals surface area contributed by atoms with Crippen LogP contribution in [0.5, 0.6) is 5.75 Å². The van der Waals surface area contributed by atoms with E-state index in [1.807, 2.05) is 12.2 Å². The maximum absolute atomic E-state index is 13.7. The molecule has 0 radical (unpaired) electrons. The van der Waals surface area contributed by atoms with Gasteiger partial charge in [0.1, 0.15) is 29.0 Å². The number of carbonyl (C=O) groups excluding carboxylic acids is 4. The summed E-state index contributed by atoms with van der Waals surface area (Å²) in [6.45, 7) is 5.51. The Labute approximate surface area is 258 Å². The fourth-order valence-corrected chi connectivity index (χ4v) is 6.52. The third kappa shape index (κ3) is 8.42. The molecule has 0 aromatic heterocycles. The van der Waals surface area contributed by atoms with E-state index in [0.29, 0.717) is 44.4 Å². The van der Waals surface area contributed by atoms with Gasteiger partial charge in [-0.25, -0.2) is 9.52 Å². The van der Waals surface area contributed by atoms with Gasteiger partial charge in [-0.15, -0.1) is 0 Å². The van der Waals surface area contributed by atoms with Crippen molar-refractivity contribution in [2.45, 2.75) is 95.4 Å². The Morgan fingerprint density at radius 2 is 1.77 bits per heavy atom. The maximum Gasteiger partial charge on any atom is 0.408 e. The van der Waals surface area contributed by atoms with Crippen LogP contribution in [-0.2, 0) is 29.3 Å². The van der Waals surface area contributed by atoms with Gasteiger partial charge in [-0.05, 0) is 83.6 Å². The van der Waals surface area contributed by atoms with Crippen LogP contribution in [0.4, 0.5) is 10.5 Å². The molecule has 1 unspecified atom stereocenters. The van der Waals surface area contributed by atoms with E-state index in [1.54, 1.807) is 32.9 Å². The number of ether oxygens (including phenoxy) is 2. The number of benzene rings is 1. The third-order valence-electron chi connectivity index (χ3n) is 7.90. The van der Waals surface area contributed by atoms with Crippen molar-refractivity contribution in [3.8, 4) is 5.75 Å². The average Bonchev–Trinajstić information content (AvgIpc) is 3.40. The van der Waals surface area contributed by atoms with Crippen molar-refractivity contribution < 1.29 is 37.1 Å². The molecule has 2 heterocycles. The van der Waals surface area contributed by atoms with Crippen LogP contribution in [-0.4, -0.2) is 74.0 Å². The SMILES string of the molecule is COc1ccc(NS(=O)(=O)NC(=O)[C@@]23C[C@H]2C=CCCCCC[C@H](NC(=O)OC(C)(C)C)C(=O)N2CCCC2C(=O)N3)cc1. The molecule has 4 N–H and O–H groups in total. The Morgan fingerprint density at radius 1 is 1.05 bits per heavy atom. The lowest BCUT2D eigenvalue weighted by Gasteiger charge is -2.30. The summed E-state index contributed by atoms with van der Waals surface area (Å²) >= 11 is 0. The number of nitrogens with one attached hydrogen (secondary N) is 4. The van der Waals surface area contributed by atoms with Crippen LogP contribution in [0.2, 0.25) is 0 Å². The van der Waals surface area contributed by atoms with Gasteiger partial charge in [-0.1, -0.05) is 25.0 Å². The highest BCUT2D eigenvalue weighted by atomic mass is 32.2. The van der Waals surface area contributed by atoms with Crippen LogP contribution in [0.25, 0.3) is 0 Å². The molecule has 2 aliphatic heterocycles. The van der Waals surface area contributed by atoms with Gasteiger partial charge < -0.3 is 25.0 Å². The predicted octanol–water partition coefficient (Wildman–Crippen LogP) is 2.75. The van der Waals surface area contributed by atoms with Gasteiger partial charge in [-0.3, -0.25) is 19.1 Å². The molecule has 0 bridgehead atoms. The van der Waals surface area contributed by atoms with Crippen molar-refractivity contribution in [2.75, 3.05) is 18.4 Å². The lowest BCUT2D eigenvalue weighted by Crippen LogP contribution is -2.58. The van der Waals surface area contributed by atoms with E-state index in [4.69, 9.17) is 9.47 Å². The largest absolute Gasteiger partial charge is 0.497 e. The number of hydrogen-bond acceptors (Lipinski definition) is 8. The fraction of sp³-hybridized carbons (Fsp3) is 0.600. The highest BCUT2D eigenvalue weighted by Crippen LogP contribution is 2.45. The minimum absolute atomic E-state index is 0.211. The second-order valence-electron chi connectivity index (χ2n) is 12.5. The van der Waals surface area contributed by atoms with Crippen molar-refractivity contribution >= 4 is 39.7 Å². The number of alkyl carbamates (subject to hydrolysis) is 1. The lowest BCUT2D eigenvalue weighted by molar-refractivity contribution is -0.141. The minimum Gasteiger partial charge on any atom is -0.497 e. The first-order valence-corrected chi connectivity index (χ1v) is 16.5. The number of carbonyl (C=O) groups is 4. The van der Waals surface area contributed by atoms with Gasteiger partial charge in [0.25, 0.3) is 5.91 Å². The normalized spacial score (nSPS) is 26.2. The van der Waals surface area contributed by atoms with Gasteiger partial charge in [0.15, 0.2) is 0 Å². The Bertz CT molecular complexity index is 1370. The monoisotopic (exact) mass is 633 g/mol. The molecule has 14 heteroatoms. The van der Waals surface area contributed by atoms with Crippen LogP contribution in [0.15, 0.2) is 36.4 Å². The van der Waals surface area contributed by atoms with Gasteiger partial charge in [0.05, 0.1) is 12.8 Å². The number of anilines is 1. The van der Waals surface area contributed by atoms with Crippen LogP contribution in [0.3, 0.4) is 0 Å². The topological polar surface area (TPSA) is 172 Å². The maximum atomic E-state index is 13.7. The third-order valence-corrected chi connectivity index (χ3v) is 8.85. The first-order chi connectivity index (χ1) is 20.7. The van der Waals surface area contributed by atoms with E-state index in [-0.39, 0.29) is 12.1 Å². The van der Waals surface area contributed by atoms with E-state index in [2.05, 4.69) is 20.1 Å². The average molecular weight is 634 g/mol. The summed E-state index contributed by atoms with van der Waals surface area (Å²) < 4.78 is 40.6. The molecule has 242 valence electrons. The Balaban J connectivity index is 1.52. The lowest BCUT2D eigenvalue weighted by atomic mass is 10.0. The zero-order valence-electron chi connectivity index (χ0n) is 25.7. The van der Waals surface area contributed by atoms with Crippen molar-refractivity contribution in [1.82, 2.24) is 20.3 Å². The molecule has 3 aliphatic rings. The molecule has 1 aliphatic carbocycles. The molecule has 1 aromatic rings. The molecule has 0 spiro atoms. The number of nitrogens with zero attached hydrogens (tertiary/aromatic N) is 1. The molecule has 1 saturated carbocycles. The molecule has 4 rings (SSSR count). The standard InChI is InChI=1S/C30H43N5O8S/c1-29(2,3)43-28(39)31-23-12-9-7-5-6-8-11-20-19-30(20,32-25(36)24-13-10-18-35(24)26(23)37)27(38)34-44(40,41)33-21-14-16-22(42-4)17-15-21/h8,11,14-17,20,23-24,33H,5-7,9-10,12-13,18-19H2,1-4H3,(H,31,39)(H,32,36)(H,34,38)/t20-,23+,24?,30-/m1/s1. The molecule has 1 saturated heterocycles. The predicted molar refractivity (Wildman–Crippen MR) is 163 cm³/mol. The van der Waals surface area contributed by atoms with Crippen molar-refractivity contribution in [3.05, 3.63) is 36.4 Å². The van der Waals surface area contributed by atoms with Gasteiger partial charge in [0, 0.05) is 12.5 Å². The number of hydrogen-bond donors (Lipinski definition) is 4. The molecule has 44 heavy (non-hydrogen) atoms. The van der Waals surface area contributed by atoms with Gasteiger partial charge in [0.2, 0.25) is 11.8 Å².